The van der Waals surface area contributed by atoms with E-state index in [1.807, 2.05) is 95.8 Å². The maximum atomic E-state index is 13.6. The van der Waals surface area contributed by atoms with Gasteiger partial charge in [0.05, 0.1) is 24.2 Å². The second kappa shape index (κ2) is 20.1. The number of aromatic nitrogens is 4. The van der Waals surface area contributed by atoms with Crippen LogP contribution in [0.15, 0.2) is 95.1 Å². The van der Waals surface area contributed by atoms with E-state index in [0.717, 1.165) is 73.9 Å². The van der Waals surface area contributed by atoms with Crippen molar-refractivity contribution in [2.24, 2.45) is 23.7 Å². The number of amides is 2. The van der Waals surface area contributed by atoms with E-state index in [-0.39, 0.29) is 84.0 Å². The summed E-state index contributed by atoms with van der Waals surface area (Å²) >= 11 is 0. The van der Waals surface area contributed by atoms with E-state index >= 15 is 0 Å². The van der Waals surface area contributed by atoms with Crippen molar-refractivity contribution in [2.45, 2.75) is 128 Å². The zero-order chi connectivity index (χ0) is 45.9. The number of nitrogens with one attached hydrogen (secondary N) is 2. The lowest BCUT2D eigenvalue weighted by atomic mass is 9.88. The number of likely N-dealkylation sites (tertiary alicyclic amines) is 2. The van der Waals surface area contributed by atoms with Crippen LogP contribution in [0.1, 0.15) is 111 Å². The average molecular weight is 897 g/mol. The molecule has 2 amide bonds. The highest BCUT2D eigenvalue weighted by molar-refractivity contribution is 5.84. The van der Waals surface area contributed by atoms with Gasteiger partial charge in [-0.15, -0.1) is 0 Å². The molecule has 2 aliphatic carbocycles. The first-order chi connectivity index (χ1) is 32.2. The van der Waals surface area contributed by atoms with Crippen LogP contribution in [0, 0.1) is 23.7 Å². The van der Waals surface area contributed by atoms with Crippen LogP contribution in [0.25, 0.3) is 12.2 Å². The molecule has 6 aliphatic rings. The molecule has 348 valence electrons. The van der Waals surface area contributed by atoms with Crippen LogP contribution in [0.4, 0.5) is 0 Å². The lowest BCUT2D eigenvalue weighted by Gasteiger charge is -2.31. The molecule has 0 radical (unpaired) electrons. The quantitative estimate of drug-likeness (QED) is 0.152. The minimum atomic E-state index is -0.433. The smallest absolute Gasteiger partial charge is 0.258 e. The van der Waals surface area contributed by atoms with E-state index in [1.54, 1.807) is 24.8 Å². The van der Waals surface area contributed by atoms with Gasteiger partial charge in [-0.1, -0.05) is 50.0 Å². The highest BCUT2D eigenvalue weighted by Crippen LogP contribution is 2.51. The zero-order valence-electron chi connectivity index (χ0n) is 38.1. The van der Waals surface area contributed by atoms with E-state index in [2.05, 4.69) is 30.4 Å². The molecule has 66 heavy (non-hydrogen) atoms. The molecule has 14 heteroatoms. The minimum absolute atomic E-state index is 0.00356. The summed E-state index contributed by atoms with van der Waals surface area (Å²) in [5, 5.41) is 27.4. The average Bonchev–Trinajstić information content (AvgIpc) is 4.20. The van der Waals surface area contributed by atoms with E-state index < -0.39 is 12.1 Å². The first-order valence-corrected chi connectivity index (χ1v) is 24.1. The van der Waals surface area contributed by atoms with E-state index in [9.17, 15) is 29.4 Å². The predicted molar refractivity (Wildman–Crippen MR) is 252 cm³/mol. The standard InChI is InChI=1S/2C26H32N4O3/c2*1-2-5-18-8-9-22-23-20(15-29(22)26(18)33)21(16-31)24(25(32)28-19-6-3-4-7-19)30(23)14-17-10-12-27-13-11-17/h2*2,5,8-13,19-21,23-24,31H,3-4,6-7,14-16H2,1H3,(H,28,32)/b5-2+;5-2-/t2*20-,21-,23+,24-/m11/s1. The normalized spacial score (nSPS) is 27.2. The molecule has 2 saturated heterocycles. The number of fused-ring (bicyclic) bond motifs is 6. The summed E-state index contributed by atoms with van der Waals surface area (Å²) in [5.41, 5.74) is 5.31. The summed E-state index contributed by atoms with van der Waals surface area (Å²) in [4.78, 5) is 66.1. The highest BCUT2D eigenvalue weighted by Gasteiger charge is 2.57. The molecular weight excluding hydrogens is 833 g/mol. The maximum Gasteiger partial charge on any atom is 0.258 e. The van der Waals surface area contributed by atoms with Crippen LogP contribution >= 0.6 is 0 Å². The highest BCUT2D eigenvalue weighted by atomic mass is 16.3. The Morgan fingerprint density at radius 2 is 0.985 bits per heavy atom. The van der Waals surface area contributed by atoms with Crippen molar-refractivity contribution in [2.75, 3.05) is 13.2 Å². The van der Waals surface area contributed by atoms with Crippen LogP contribution in [0.3, 0.4) is 0 Å². The number of allylic oxidation sites excluding steroid dienone is 2. The van der Waals surface area contributed by atoms with Crippen molar-refractivity contribution in [3.8, 4) is 0 Å². The van der Waals surface area contributed by atoms with Crippen LogP contribution < -0.4 is 21.8 Å². The third kappa shape index (κ3) is 8.76. The Hall–Kier alpha value is -5.54. The summed E-state index contributed by atoms with van der Waals surface area (Å²) in [5.74, 6) is -0.451. The zero-order valence-corrected chi connectivity index (χ0v) is 38.1. The summed E-state index contributed by atoms with van der Waals surface area (Å²) in [6.45, 7) is 5.81. The van der Waals surface area contributed by atoms with Crippen molar-refractivity contribution < 1.29 is 19.8 Å². The van der Waals surface area contributed by atoms with Crippen molar-refractivity contribution in [1.82, 2.24) is 39.5 Å². The Morgan fingerprint density at radius 3 is 1.33 bits per heavy atom. The van der Waals surface area contributed by atoms with Gasteiger partial charge in [0.15, 0.2) is 0 Å². The molecule has 4 fully saturated rings. The minimum Gasteiger partial charge on any atom is -0.396 e. The topological polar surface area (TPSA) is 175 Å². The third-order valence-electron chi connectivity index (χ3n) is 15.3. The Morgan fingerprint density at radius 1 is 0.606 bits per heavy atom. The van der Waals surface area contributed by atoms with Crippen LogP contribution in [-0.2, 0) is 35.8 Å². The van der Waals surface area contributed by atoms with Gasteiger partial charge in [0.2, 0.25) is 11.8 Å². The monoisotopic (exact) mass is 896 g/mol. The van der Waals surface area contributed by atoms with Crippen molar-refractivity contribution in [1.29, 1.82) is 0 Å². The van der Waals surface area contributed by atoms with E-state index in [1.165, 1.54) is 0 Å². The summed E-state index contributed by atoms with van der Waals surface area (Å²) in [6, 6.07) is 15.0. The second-order valence-electron chi connectivity index (χ2n) is 19.1. The number of rotatable bonds is 12. The van der Waals surface area contributed by atoms with E-state index in [0.29, 0.717) is 37.3 Å². The van der Waals surface area contributed by atoms with Gasteiger partial charge in [-0.3, -0.25) is 38.9 Å². The van der Waals surface area contributed by atoms with Crippen molar-refractivity contribution in [3.05, 3.63) is 140 Å². The fraction of sp³-hybridized carbons (Fsp3) is 0.500. The van der Waals surface area contributed by atoms with Crippen LogP contribution in [0.5, 0.6) is 0 Å². The van der Waals surface area contributed by atoms with Gasteiger partial charge in [0.25, 0.3) is 11.1 Å². The Balaban J connectivity index is 0.000000166. The lowest BCUT2D eigenvalue weighted by Crippen LogP contribution is -2.50. The fourth-order valence-electron chi connectivity index (χ4n) is 12.3. The largest absolute Gasteiger partial charge is 0.396 e. The number of hydrogen-bond acceptors (Lipinski definition) is 10. The first kappa shape index (κ1) is 45.6. The summed E-state index contributed by atoms with van der Waals surface area (Å²) in [7, 11) is 0. The number of aliphatic hydroxyl groups excluding tert-OH is 2. The Kier molecular flexibility index (Phi) is 13.9. The maximum absolute atomic E-state index is 13.6. The van der Waals surface area contributed by atoms with Crippen molar-refractivity contribution >= 4 is 24.0 Å². The SMILES string of the molecule is C/C=C/c1ccc2n(c1=O)C[C@@H]1[C@@H](CO)[C@H](C(=O)NC3CCCC3)N(Cc3ccncc3)[C@H]21.C/C=C\c1ccc2n(c1=O)C[C@@H]1[C@@H](CO)[C@H](C(=O)NC3CCCC3)N(Cc3ccncc3)[C@H]21. The lowest BCUT2D eigenvalue weighted by molar-refractivity contribution is -0.129. The molecule has 8 heterocycles. The van der Waals surface area contributed by atoms with Gasteiger partial charge < -0.3 is 30.0 Å². The van der Waals surface area contributed by atoms with Gasteiger partial charge in [-0.25, -0.2) is 0 Å². The molecule has 0 bridgehead atoms. The Bertz CT molecular complexity index is 2360. The summed E-state index contributed by atoms with van der Waals surface area (Å²) in [6.07, 6.45) is 23.1. The molecule has 4 aromatic rings. The molecule has 0 unspecified atom stereocenters. The number of hydrogen-bond donors (Lipinski definition) is 4. The third-order valence-corrected chi connectivity index (χ3v) is 15.3. The van der Waals surface area contributed by atoms with Crippen LogP contribution in [-0.4, -0.2) is 88.3 Å². The Labute approximate surface area is 386 Å². The van der Waals surface area contributed by atoms with Crippen molar-refractivity contribution in [3.63, 3.8) is 0 Å². The first-order valence-electron chi connectivity index (χ1n) is 24.1. The van der Waals surface area contributed by atoms with Gasteiger partial charge in [0, 0.05) is 122 Å². The number of aliphatic hydroxyl groups is 2. The number of pyridine rings is 4. The van der Waals surface area contributed by atoms with Gasteiger partial charge in [0.1, 0.15) is 0 Å². The molecule has 4 aromatic heterocycles. The molecule has 4 aliphatic heterocycles. The number of nitrogens with zero attached hydrogens (tertiary/aromatic N) is 6. The van der Waals surface area contributed by atoms with Gasteiger partial charge in [-0.2, -0.15) is 0 Å². The molecule has 10 rings (SSSR count). The molecule has 0 aromatic carbocycles. The predicted octanol–water partition coefficient (Wildman–Crippen LogP) is 5.00. The second-order valence-corrected chi connectivity index (χ2v) is 19.1. The van der Waals surface area contributed by atoms with Gasteiger partial charge in [-0.05, 0) is 99.2 Å². The van der Waals surface area contributed by atoms with Crippen LogP contribution in [0.2, 0.25) is 0 Å². The molecule has 14 nitrogen and oxygen atoms in total. The number of carbonyl (C=O) groups is 2. The molecular formula is C52H64N8O6. The van der Waals surface area contributed by atoms with Gasteiger partial charge >= 0.3 is 0 Å². The fourth-order valence-corrected chi connectivity index (χ4v) is 12.3. The number of carbonyl (C=O) groups excluding carboxylic acids is 2. The molecule has 0 spiro atoms. The van der Waals surface area contributed by atoms with E-state index in [4.69, 9.17) is 0 Å². The molecule has 2 saturated carbocycles. The molecule has 4 N–H and O–H groups in total. The summed E-state index contributed by atoms with van der Waals surface area (Å²) < 4.78 is 3.69. The molecule has 8 atom stereocenters.